The van der Waals surface area contributed by atoms with Gasteiger partial charge in [-0.2, -0.15) is 0 Å². The fraction of sp³-hybridized carbons (Fsp3) is 0.111. The lowest BCUT2D eigenvalue weighted by Gasteiger charge is -2.09. The summed E-state index contributed by atoms with van der Waals surface area (Å²) in [4.78, 5) is 22.5. The quantitative estimate of drug-likeness (QED) is 0.603. The first kappa shape index (κ1) is 14.8. The summed E-state index contributed by atoms with van der Waals surface area (Å²) >= 11 is 15.7. The Balaban J connectivity index is 3.44. The first-order valence-corrected chi connectivity index (χ1v) is 7.24. The van der Waals surface area contributed by atoms with Crippen molar-refractivity contribution in [3.8, 4) is 0 Å². The first-order chi connectivity index (χ1) is 7.88. The summed E-state index contributed by atoms with van der Waals surface area (Å²) in [6.45, 7) is 1.17. The molecule has 0 atom stereocenters. The van der Waals surface area contributed by atoms with Crippen molar-refractivity contribution in [2.45, 2.75) is 6.92 Å². The van der Waals surface area contributed by atoms with Gasteiger partial charge in [-0.1, -0.05) is 34.8 Å². The number of nitrogens with one attached hydrogen (secondary N) is 1. The highest BCUT2D eigenvalue weighted by atomic mass is 127. The minimum atomic E-state index is -1.72. The number of rotatable bonds is 2. The van der Waals surface area contributed by atoms with E-state index in [1.165, 1.54) is 13.0 Å². The number of hydrogen-bond donors (Lipinski definition) is 1. The molecule has 1 rings (SSSR count). The van der Waals surface area contributed by atoms with Crippen LogP contribution in [0.1, 0.15) is 17.3 Å². The van der Waals surface area contributed by atoms with E-state index in [9.17, 15) is 12.7 Å². The molecule has 0 heterocycles. The van der Waals surface area contributed by atoms with Crippen LogP contribution < -0.4 is 5.32 Å². The molecule has 0 aliphatic rings. The van der Waals surface area contributed by atoms with Crippen LogP contribution in [0, 0.1) is 3.57 Å². The van der Waals surface area contributed by atoms with Gasteiger partial charge in [0.05, 0.1) is 24.2 Å². The standard InChI is InChI=1S/C9H5Cl3INO3/c1-3(15)14-9(16)6-7(12)4(10)2-5(11)8(6)13-17/h2H,1H3,(H,14,15,16). The Bertz CT molecular complexity index is 519. The van der Waals surface area contributed by atoms with Crippen molar-refractivity contribution >= 4 is 67.8 Å². The van der Waals surface area contributed by atoms with Gasteiger partial charge in [-0.25, -0.2) is 0 Å². The molecular formula is C9H5Cl3INO3. The van der Waals surface area contributed by atoms with Gasteiger partial charge in [-0.15, -0.1) is 0 Å². The van der Waals surface area contributed by atoms with Crippen molar-refractivity contribution in [3.63, 3.8) is 0 Å². The van der Waals surface area contributed by atoms with Gasteiger partial charge in [0.15, 0.2) is 21.2 Å². The van der Waals surface area contributed by atoms with Crippen LogP contribution in [0.5, 0.6) is 0 Å². The summed E-state index contributed by atoms with van der Waals surface area (Å²) in [6, 6.07) is 1.31. The molecule has 0 aliphatic carbocycles. The molecule has 4 nitrogen and oxygen atoms in total. The second-order valence-electron chi connectivity index (χ2n) is 2.93. The topological polar surface area (TPSA) is 63.2 Å². The molecule has 1 aromatic carbocycles. The maximum Gasteiger partial charge on any atom is 0.260 e. The molecule has 1 aromatic rings. The minimum absolute atomic E-state index is 0.0616. The van der Waals surface area contributed by atoms with Crippen LogP contribution in [0.15, 0.2) is 6.07 Å². The van der Waals surface area contributed by atoms with Crippen LogP contribution in [-0.2, 0) is 7.86 Å². The van der Waals surface area contributed by atoms with Crippen molar-refractivity contribution in [2.75, 3.05) is 0 Å². The summed E-state index contributed by atoms with van der Waals surface area (Å²) < 4.78 is 11.2. The van der Waals surface area contributed by atoms with Crippen molar-refractivity contribution in [3.05, 3.63) is 30.3 Å². The predicted octanol–water partition coefficient (Wildman–Crippen LogP) is 3.41. The van der Waals surface area contributed by atoms with Crippen LogP contribution in [-0.4, -0.2) is 11.8 Å². The Kier molecular flexibility index (Phi) is 5.30. The molecule has 17 heavy (non-hydrogen) atoms. The number of amides is 2. The molecule has 8 heteroatoms. The number of hydrogen-bond acceptors (Lipinski definition) is 3. The minimum Gasteiger partial charge on any atom is -0.292 e. The predicted molar refractivity (Wildman–Crippen MR) is 73.0 cm³/mol. The van der Waals surface area contributed by atoms with Gasteiger partial charge in [0.25, 0.3) is 5.91 Å². The molecule has 92 valence electrons. The van der Waals surface area contributed by atoms with Gasteiger partial charge in [0, 0.05) is 6.92 Å². The molecule has 2 amide bonds. The molecule has 0 saturated heterocycles. The molecule has 0 aliphatic heterocycles. The fourth-order valence-electron chi connectivity index (χ4n) is 1.07. The summed E-state index contributed by atoms with van der Waals surface area (Å²) in [7, 11) is 0. The second kappa shape index (κ2) is 6.08. The Labute approximate surface area is 122 Å². The highest BCUT2D eigenvalue weighted by Crippen LogP contribution is 2.36. The first-order valence-electron chi connectivity index (χ1n) is 4.15. The van der Waals surface area contributed by atoms with Gasteiger partial charge >= 0.3 is 0 Å². The van der Waals surface area contributed by atoms with Crippen molar-refractivity contribution in [1.29, 1.82) is 0 Å². The lowest BCUT2D eigenvalue weighted by Crippen LogP contribution is -2.29. The van der Waals surface area contributed by atoms with Crippen molar-refractivity contribution < 1.29 is 12.7 Å². The highest BCUT2D eigenvalue weighted by molar-refractivity contribution is 14.1. The summed E-state index contributed by atoms with van der Waals surface area (Å²) in [5.41, 5.74) is -0.109. The molecule has 0 aromatic heterocycles. The zero-order valence-electron chi connectivity index (χ0n) is 8.31. The molecule has 0 radical (unpaired) electrons. The summed E-state index contributed by atoms with van der Waals surface area (Å²) in [6.07, 6.45) is 0. The second-order valence-corrected chi connectivity index (χ2v) is 5.64. The van der Waals surface area contributed by atoms with E-state index in [1.54, 1.807) is 0 Å². The maximum absolute atomic E-state index is 11.7. The van der Waals surface area contributed by atoms with Crippen molar-refractivity contribution in [2.24, 2.45) is 0 Å². The van der Waals surface area contributed by atoms with Gasteiger partial charge in [0.2, 0.25) is 5.91 Å². The van der Waals surface area contributed by atoms with E-state index in [4.69, 9.17) is 34.8 Å². The highest BCUT2D eigenvalue weighted by Gasteiger charge is 2.22. The van der Waals surface area contributed by atoms with Gasteiger partial charge in [0.1, 0.15) is 0 Å². The lowest BCUT2D eigenvalue weighted by molar-refractivity contribution is -0.118. The Morgan fingerprint density at radius 3 is 2.29 bits per heavy atom. The van der Waals surface area contributed by atoms with Crippen molar-refractivity contribution in [1.82, 2.24) is 5.32 Å². The van der Waals surface area contributed by atoms with E-state index in [2.05, 4.69) is 0 Å². The van der Waals surface area contributed by atoms with Gasteiger partial charge < -0.3 is 0 Å². The Hall–Kier alpha value is -0.240. The number of imide groups is 1. The largest absolute Gasteiger partial charge is 0.292 e. The molecular weight excluding hydrogens is 403 g/mol. The van der Waals surface area contributed by atoms with Crippen LogP contribution in [0.25, 0.3) is 0 Å². The molecule has 0 unspecified atom stereocenters. The monoisotopic (exact) mass is 407 g/mol. The van der Waals surface area contributed by atoms with Gasteiger partial charge in [-0.3, -0.25) is 18.0 Å². The van der Waals surface area contributed by atoms with E-state index in [1.807, 2.05) is 5.32 Å². The fourth-order valence-corrected chi connectivity index (χ4v) is 3.22. The van der Waals surface area contributed by atoms with Crippen LogP contribution in [0.4, 0.5) is 0 Å². The lowest BCUT2D eigenvalue weighted by atomic mass is 10.2. The molecule has 0 spiro atoms. The number of halogens is 4. The molecule has 0 fully saturated rings. The van der Waals surface area contributed by atoms with Crippen LogP contribution in [0.2, 0.25) is 15.1 Å². The van der Waals surface area contributed by atoms with E-state index in [0.717, 1.165) is 0 Å². The molecule has 0 saturated carbocycles. The van der Waals surface area contributed by atoms with Gasteiger partial charge in [-0.05, 0) is 6.07 Å². The van der Waals surface area contributed by atoms with E-state index < -0.39 is 33.0 Å². The summed E-state index contributed by atoms with van der Waals surface area (Å²) in [5.74, 6) is -1.32. The maximum atomic E-state index is 11.7. The van der Waals surface area contributed by atoms with E-state index in [0.29, 0.717) is 0 Å². The average Bonchev–Trinajstić information content (AvgIpc) is 2.21. The smallest absolute Gasteiger partial charge is 0.260 e. The Morgan fingerprint density at radius 2 is 1.82 bits per heavy atom. The third kappa shape index (κ3) is 3.37. The SMILES string of the molecule is CC(=O)NC(=O)c1c(Cl)c(Cl)cc(Cl)c1I=O. The Morgan fingerprint density at radius 1 is 1.24 bits per heavy atom. The van der Waals surface area contributed by atoms with E-state index >= 15 is 0 Å². The zero-order chi connectivity index (χ0) is 13.2. The molecule has 0 bridgehead atoms. The average molecular weight is 408 g/mol. The summed E-state index contributed by atoms with van der Waals surface area (Å²) in [5, 5.41) is 2.11. The van der Waals surface area contributed by atoms with E-state index in [-0.39, 0.29) is 24.2 Å². The van der Waals surface area contributed by atoms with Crippen LogP contribution >= 0.6 is 56.0 Å². The normalized spacial score (nSPS) is 10.1. The molecule has 1 N–H and O–H groups in total. The number of carbonyl (C=O) groups excluding carboxylic acids is 2. The van der Waals surface area contributed by atoms with Crippen LogP contribution in [0.3, 0.4) is 0 Å². The zero-order valence-corrected chi connectivity index (χ0v) is 12.7. The third-order valence-electron chi connectivity index (χ3n) is 1.71. The number of carbonyl (C=O) groups is 2. The number of benzene rings is 1. The third-order valence-corrected chi connectivity index (χ3v) is 4.67.